The maximum Gasteiger partial charge on any atom is 0.320 e. The highest BCUT2D eigenvalue weighted by atomic mass is 16.4. The number of urea groups is 1. The van der Waals surface area contributed by atoms with Crippen LogP contribution in [-0.2, 0) is 4.79 Å². The number of β-amino-alcohol motifs (C(OH)–C–C–N with tert-alkyl or cyclic N) is 1. The maximum absolute atomic E-state index is 12.4. The summed E-state index contributed by atoms with van der Waals surface area (Å²) in [6, 6.07) is 0.0256. The van der Waals surface area contributed by atoms with Gasteiger partial charge in [0.25, 0.3) is 0 Å². The van der Waals surface area contributed by atoms with Gasteiger partial charge in [0.05, 0.1) is 6.10 Å². The van der Waals surface area contributed by atoms with E-state index < -0.39 is 12.1 Å². The van der Waals surface area contributed by atoms with E-state index in [2.05, 4.69) is 0 Å². The van der Waals surface area contributed by atoms with Crippen molar-refractivity contribution in [2.45, 2.75) is 45.1 Å². The molecule has 0 bridgehead atoms. The Labute approximate surface area is 125 Å². The van der Waals surface area contributed by atoms with Gasteiger partial charge in [0.1, 0.15) is 0 Å². The smallest absolute Gasteiger partial charge is 0.320 e. The number of carboxylic acid groups (broad SMARTS) is 1. The standard InChI is InChI=1S/C15H26N2O4/c1-11-4-7-17(10-13(11)18)15(21)16-8-5-12(6-9-16)2-3-14(19)20/h11-13,18H,2-10H2,1H3,(H,19,20). The third-order valence-electron chi connectivity index (χ3n) is 4.84. The molecule has 2 unspecified atom stereocenters. The summed E-state index contributed by atoms with van der Waals surface area (Å²) in [7, 11) is 0. The molecule has 120 valence electrons. The molecule has 2 saturated heterocycles. The normalized spacial score (nSPS) is 27.7. The highest BCUT2D eigenvalue weighted by Gasteiger charge is 2.31. The molecule has 6 nitrogen and oxygen atoms in total. The fourth-order valence-corrected chi connectivity index (χ4v) is 3.16. The number of aliphatic hydroxyl groups is 1. The number of piperidine rings is 2. The number of aliphatic carboxylic acids is 1. The fraction of sp³-hybridized carbons (Fsp3) is 0.867. The first-order valence-electron chi connectivity index (χ1n) is 7.91. The zero-order valence-electron chi connectivity index (χ0n) is 12.7. The molecule has 0 aromatic rings. The maximum atomic E-state index is 12.4. The van der Waals surface area contributed by atoms with Gasteiger partial charge in [-0.2, -0.15) is 0 Å². The largest absolute Gasteiger partial charge is 0.481 e. The Bertz CT molecular complexity index is 380. The van der Waals surface area contributed by atoms with E-state index >= 15 is 0 Å². The molecule has 0 aromatic heterocycles. The summed E-state index contributed by atoms with van der Waals surface area (Å²) in [4.78, 5) is 26.6. The van der Waals surface area contributed by atoms with Crippen LogP contribution in [0.1, 0.15) is 39.0 Å². The summed E-state index contributed by atoms with van der Waals surface area (Å²) in [6.45, 7) is 4.56. The van der Waals surface area contributed by atoms with E-state index in [0.717, 1.165) is 25.8 Å². The number of nitrogens with zero attached hydrogens (tertiary/aromatic N) is 2. The lowest BCUT2D eigenvalue weighted by Crippen LogP contribution is -2.52. The first kappa shape index (κ1) is 16.1. The highest BCUT2D eigenvalue weighted by Crippen LogP contribution is 2.24. The van der Waals surface area contributed by atoms with Gasteiger partial charge < -0.3 is 20.0 Å². The lowest BCUT2D eigenvalue weighted by molar-refractivity contribution is -0.137. The van der Waals surface area contributed by atoms with E-state index in [1.54, 1.807) is 4.90 Å². The second kappa shape index (κ2) is 7.11. The zero-order chi connectivity index (χ0) is 15.4. The van der Waals surface area contributed by atoms with Crippen molar-refractivity contribution in [3.05, 3.63) is 0 Å². The molecular weight excluding hydrogens is 272 g/mol. The SMILES string of the molecule is CC1CCN(C(=O)N2CCC(CCC(=O)O)CC2)CC1O. The van der Waals surface area contributed by atoms with Crippen LogP contribution in [0.4, 0.5) is 4.79 Å². The van der Waals surface area contributed by atoms with Crippen LogP contribution >= 0.6 is 0 Å². The Morgan fingerprint density at radius 2 is 1.71 bits per heavy atom. The van der Waals surface area contributed by atoms with E-state index in [1.807, 2.05) is 11.8 Å². The zero-order valence-corrected chi connectivity index (χ0v) is 12.7. The van der Waals surface area contributed by atoms with E-state index in [9.17, 15) is 14.7 Å². The van der Waals surface area contributed by atoms with Crippen molar-refractivity contribution in [1.29, 1.82) is 0 Å². The first-order valence-corrected chi connectivity index (χ1v) is 7.91. The number of likely N-dealkylation sites (tertiary alicyclic amines) is 2. The minimum atomic E-state index is -0.745. The number of amides is 2. The molecule has 2 amide bonds. The van der Waals surface area contributed by atoms with Gasteiger partial charge in [-0.3, -0.25) is 4.79 Å². The summed E-state index contributed by atoms with van der Waals surface area (Å²) in [5.74, 6) is -0.0714. The summed E-state index contributed by atoms with van der Waals surface area (Å²) in [5, 5.41) is 18.6. The molecule has 0 radical (unpaired) electrons. The van der Waals surface area contributed by atoms with Gasteiger partial charge in [0.15, 0.2) is 0 Å². The van der Waals surface area contributed by atoms with E-state index in [0.29, 0.717) is 32.0 Å². The highest BCUT2D eigenvalue weighted by molar-refractivity contribution is 5.74. The van der Waals surface area contributed by atoms with Crippen molar-refractivity contribution in [1.82, 2.24) is 9.80 Å². The second-order valence-electron chi connectivity index (χ2n) is 6.42. The van der Waals surface area contributed by atoms with Gasteiger partial charge in [0.2, 0.25) is 0 Å². The van der Waals surface area contributed by atoms with Crippen LogP contribution in [0.25, 0.3) is 0 Å². The minimum Gasteiger partial charge on any atom is -0.481 e. The number of carbonyl (C=O) groups excluding carboxylic acids is 1. The van der Waals surface area contributed by atoms with E-state index in [-0.39, 0.29) is 18.4 Å². The molecule has 0 spiro atoms. The van der Waals surface area contributed by atoms with Crippen molar-refractivity contribution in [2.24, 2.45) is 11.8 Å². The Morgan fingerprint density at radius 1 is 1.10 bits per heavy atom. The van der Waals surface area contributed by atoms with E-state index in [4.69, 9.17) is 5.11 Å². The van der Waals surface area contributed by atoms with Gasteiger partial charge >= 0.3 is 12.0 Å². The Kier molecular flexibility index (Phi) is 5.45. The molecule has 0 aromatic carbocycles. The van der Waals surface area contributed by atoms with Crippen molar-refractivity contribution in [2.75, 3.05) is 26.2 Å². The van der Waals surface area contributed by atoms with Crippen LogP contribution in [0, 0.1) is 11.8 Å². The van der Waals surface area contributed by atoms with Gasteiger partial charge in [-0.15, -0.1) is 0 Å². The average molecular weight is 298 g/mol. The number of aliphatic hydroxyl groups excluding tert-OH is 1. The molecule has 2 fully saturated rings. The number of rotatable bonds is 3. The monoisotopic (exact) mass is 298 g/mol. The summed E-state index contributed by atoms with van der Waals surface area (Å²) in [5.41, 5.74) is 0. The quantitative estimate of drug-likeness (QED) is 0.825. The van der Waals surface area contributed by atoms with Gasteiger partial charge in [0, 0.05) is 32.6 Å². The third kappa shape index (κ3) is 4.33. The molecule has 21 heavy (non-hydrogen) atoms. The Balaban J connectivity index is 1.76. The number of carboxylic acids is 1. The lowest BCUT2D eigenvalue weighted by Gasteiger charge is -2.39. The lowest BCUT2D eigenvalue weighted by atomic mass is 9.92. The predicted molar refractivity (Wildman–Crippen MR) is 77.9 cm³/mol. The fourth-order valence-electron chi connectivity index (χ4n) is 3.16. The first-order chi connectivity index (χ1) is 9.97. The van der Waals surface area contributed by atoms with E-state index in [1.165, 1.54) is 0 Å². The van der Waals surface area contributed by atoms with Crippen LogP contribution < -0.4 is 0 Å². The number of hydrogen-bond acceptors (Lipinski definition) is 3. The molecule has 6 heteroatoms. The number of carbonyl (C=O) groups is 2. The summed E-state index contributed by atoms with van der Waals surface area (Å²) in [6.07, 6.45) is 3.11. The molecule has 2 heterocycles. The summed E-state index contributed by atoms with van der Waals surface area (Å²) >= 11 is 0. The Hall–Kier alpha value is -1.30. The predicted octanol–water partition coefficient (Wildman–Crippen LogP) is 1.39. The topological polar surface area (TPSA) is 81.1 Å². The third-order valence-corrected chi connectivity index (χ3v) is 4.84. The molecule has 2 atom stereocenters. The van der Waals surface area contributed by atoms with Crippen molar-refractivity contribution in [3.63, 3.8) is 0 Å². The van der Waals surface area contributed by atoms with Crippen LogP contribution in [0.15, 0.2) is 0 Å². The second-order valence-corrected chi connectivity index (χ2v) is 6.42. The molecule has 2 rings (SSSR count). The Morgan fingerprint density at radius 3 is 2.29 bits per heavy atom. The molecule has 0 saturated carbocycles. The van der Waals surface area contributed by atoms with Gasteiger partial charge in [-0.1, -0.05) is 6.92 Å². The molecule has 2 aliphatic heterocycles. The van der Waals surface area contributed by atoms with Crippen molar-refractivity contribution in [3.8, 4) is 0 Å². The molecule has 2 N–H and O–H groups in total. The molecule has 2 aliphatic rings. The van der Waals surface area contributed by atoms with Crippen molar-refractivity contribution < 1.29 is 19.8 Å². The van der Waals surface area contributed by atoms with Crippen LogP contribution in [0.3, 0.4) is 0 Å². The van der Waals surface area contributed by atoms with Crippen LogP contribution in [0.5, 0.6) is 0 Å². The van der Waals surface area contributed by atoms with Crippen LogP contribution in [-0.4, -0.2) is 64.3 Å². The molecule has 0 aliphatic carbocycles. The minimum absolute atomic E-state index is 0.0256. The van der Waals surface area contributed by atoms with Crippen molar-refractivity contribution >= 4 is 12.0 Å². The average Bonchev–Trinajstić information content (AvgIpc) is 2.48. The molecular formula is C15H26N2O4. The van der Waals surface area contributed by atoms with Gasteiger partial charge in [-0.25, -0.2) is 4.79 Å². The van der Waals surface area contributed by atoms with Gasteiger partial charge in [-0.05, 0) is 37.5 Å². The van der Waals surface area contributed by atoms with Crippen LogP contribution in [0.2, 0.25) is 0 Å². The number of hydrogen-bond donors (Lipinski definition) is 2. The summed E-state index contributed by atoms with van der Waals surface area (Å²) < 4.78 is 0.